The van der Waals surface area contributed by atoms with Crippen molar-refractivity contribution in [2.75, 3.05) is 26.8 Å². The van der Waals surface area contributed by atoms with Gasteiger partial charge in [-0.05, 0) is 44.5 Å². The maximum absolute atomic E-state index is 6.11. The minimum Gasteiger partial charge on any atom is -0.496 e. The first-order valence-electron chi connectivity index (χ1n) is 7.83. The Labute approximate surface area is 121 Å². The molecule has 0 amide bonds. The molecule has 0 N–H and O–H groups in total. The Balaban J connectivity index is 1.92. The molecule has 0 aliphatic carbocycles. The fourth-order valence-electron chi connectivity index (χ4n) is 3.77. The second-order valence-corrected chi connectivity index (χ2v) is 6.07. The number of likely N-dealkylation sites (tertiary alicyclic amines) is 1. The topological polar surface area (TPSA) is 21.7 Å². The van der Waals surface area contributed by atoms with Crippen LogP contribution >= 0.6 is 0 Å². The van der Waals surface area contributed by atoms with Gasteiger partial charge in [0.1, 0.15) is 18.1 Å². The lowest BCUT2D eigenvalue weighted by Gasteiger charge is -2.49. The first kappa shape index (κ1) is 13.7. The van der Waals surface area contributed by atoms with E-state index in [4.69, 9.17) is 9.47 Å². The number of fused-ring (bicyclic) bond motifs is 1. The number of benzene rings is 1. The van der Waals surface area contributed by atoms with E-state index in [0.29, 0.717) is 0 Å². The summed E-state index contributed by atoms with van der Waals surface area (Å²) < 4.78 is 11.7. The molecule has 20 heavy (non-hydrogen) atoms. The van der Waals surface area contributed by atoms with Gasteiger partial charge in [0.15, 0.2) is 0 Å². The van der Waals surface area contributed by atoms with Crippen molar-refractivity contribution in [1.82, 2.24) is 4.90 Å². The van der Waals surface area contributed by atoms with Gasteiger partial charge in [-0.3, -0.25) is 4.90 Å². The standard InChI is InChI=1S/C17H25NO2/c1-3-10-18-11-5-4-9-17(18)12-14-15(19-2)7-6-8-16(14)20-13-17/h6-8H,3-5,9-13H2,1-2H3/t17-/m1/s1. The number of hydrogen-bond acceptors (Lipinski definition) is 3. The molecule has 2 heterocycles. The van der Waals surface area contributed by atoms with E-state index in [-0.39, 0.29) is 5.54 Å². The van der Waals surface area contributed by atoms with E-state index in [0.717, 1.165) is 24.5 Å². The zero-order valence-corrected chi connectivity index (χ0v) is 12.7. The molecular weight excluding hydrogens is 250 g/mol. The fraction of sp³-hybridized carbons (Fsp3) is 0.647. The van der Waals surface area contributed by atoms with E-state index < -0.39 is 0 Å². The Bertz CT molecular complexity index is 458. The van der Waals surface area contributed by atoms with Crippen molar-refractivity contribution < 1.29 is 9.47 Å². The summed E-state index contributed by atoms with van der Waals surface area (Å²) in [7, 11) is 1.75. The lowest BCUT2D eigenvalue weighted by molar-refractivity contribution is -0.00437. The van der Waals surface area contributed by atoms with Crippen LogP contribution in [0.15, 0.2) is 18.2 Å². The van der Waals surface area contributed by atoms with Crippen LogP contribution in [0, 0.1) is 0 Å². The smallest absolute Gasteiger partial charge is 0.126 e. The number of hydrogen-bond donors (Lipinski definition) is 0. The minimum atomic E-state index is 0.190. The van der Waals surface area contributed by atoms with Gasteiger partial charge in [0.25, 0.3) is 0 Å². The Morgan fingerprint density at radius 3 is 3.05 bits per heavy atom. The second-order valence-electron chi connectivity index (χ2n) is 6.07. The van der Waals surface area contributed by atoms with Gasteiger partial charge in [0.2, 0.25) is 0 Å². The van der Waals surface area contributed by atoms with Crippen LogP contribution < -0.4 is 9.47 Å². The van der Waals surface area contributed by atoms with E-state index in [1.165, 1.54) is 44.3 Å². The Morgan fingerprint density at radius 2 is 2.25 bits per heavy atom. The van der Waals surface area contributed by atoms with Crippen molar-refractivity contribution in [2.24, 2.45) is 0 Å². The molecule has 0 aromatic heterocycles. The summed E-state index contributed by atoms with van der Waals surface area (Å²) in [6.45, 7) is 5.48. The number of methoxy groups -OCH3 is 1. The van der Waals surface area contributed by atoms with Crippen molar-refractivity contribution in [3.63, 3.8) is 0 Å². The molecule has 3 rings (SSSR count). The van der Waals surface area contributed by atoms with Gasteiger partial charge >= 0.3 is 0 Å². The molecule has 2 aliphatic heterocycles. The predicted octanol–water partition coefficient (Wildman–Crippen LogP) is 3.26. The van der Waals surface area contributed by atoms with Gasteiger partial charge in [-0.25, -0.2) is 0 Å². The first-order valence-corrected chi connectivity index (χ1v) is 7.83. The van der Waals surface area contributed by atoms with E-state index in [2.05, 4.69) is 17.9 Å². The van der Waals surface area contributed by atoms with E-state index in [9.17, 15) is 0 Å². The Morgan fingerprint density at radius 1 is 1.35 bits per heavy atom. The van der Waals surface area contributed by atoms with Crippen molar-refractivity contribution in [2.45, 2.75) is 44.6 Å². The summed E-state index contributed by atoms with van der Waals surface area (Å²) >= 11 is 0. The monoisotopic (exact) mass is 275 g/mol. The van der Waals surface area contributed by atoms with E-state index in [1.54, 1.807) is 7.11 Å². The maximum Gasteiger partial charge on any atom is 0.126 e. The number of rotatable bonds is 3. The Kier molecular flexibility index (Phi) is 3.88. The van der Waals surface area contributed by atoms with Gasteiger partial charge < -0.3 is 9.47 Å². The molecule has 1 fully saturated rings. The molecule has 1 aromatic rings. The minimum absolute atomic E-state index is 0.190. The molecule has 0 radical (unpaired) electrons. The van der Waals surface area contributed by atoms with Gasteiger partial charge in [-0.1, -0.05) is 19.4 Å². The van der Waals surface area contributed by atoms with Gasteiger partial charge in [0.05, 0.1) is 12.6 Å². The zero-order valence-electron chi connectivity index (χ0n) is 12.7. The molecule has 1 aromatic carbocycles. The molecule has 1 atom stereocenters. The summed E-state index contributed by atoms with van der Waals surface area (Å²) in [5.41, 5.74) is 1.44. The summed E-state index contributed by atoms with van der Waals surface area (Å²) in [5, 5.41) is 0. The molecular formula is C17H25NO2. The predicted molar refractivity (Wildman–Crippen MR) is 80.6 cm³/mol. The van der Waals surface area contributed by atoms with Crippen molar-refractivity contribution in [1.29, 1.82) is 0 Å². The summed E-state index contributed by atoms with van der Waals surface area (Å²) in [6, 6.07) is 6.13. The van der Waals surface area contributed by atoms with Crippen LogP contribution in [0.2, 0.25) is 0 Å². The van der Waals surface area contributed by atoms with Gasteiger partial charge in [-0.2, -0.15) is 0 Å². The van der Waals surface area contributed by atoms with Crippen LogP contribution in [0.25, 0.3) is 0 Å². The quantitative estimate of drug-likeness (QED) is 0.845. The molecule has 1 spiro atoms. The molecule has 0 bridgehead atoms. The zero-order chi connectivity index (χ0) is 14.0. The average Bonchev–Trinajstić information content (AvgIpc) is 2.49. The van der Waals surface area contributed by atoms with Crippen LogP contribution in [0.1, 0.15) is 38.2 Å². The van der Waals surface area contributed by atoms with Crippen molar-refractivity contribution >= 4 is 0 Å². The summed E-state index contributed by atoms with van der Waals surface area (Å²) in [6.07, 6.45) is 6.14. The van der Waals surface area contributed by atoms with Crippen LogP contribution in [-0.4, -0.2) is 37.2 Å². The number of nitrogens with zero attached hydrogens (tertiary/aromatic N) is 1. The fourth-order valence-corrected chi connectivity index (χ4v) is 3.77. The van der Waals surface area contributed by atoms with Crippen LogP contribution in [-0.2, 0) is 6.42 Å². The third-order valence-electron chi connectivity index (χ3n) is 4.80. The highest BCUT2D eigenvalue weighted by Gasteiger charge is 2.43. The first-order chi connectivity index (χ1) is 9.79. The largest absolute Gasteiger partial charge is 0.496 e. The second kappa shape index (κ2) is 5.65. The van der Waals surface area contributed by atoms with Crippen LogP contribution in [0.3, 0.4) is 0 Å². The van der Waals surface area contributed by atoms with Gasteiger partial charge in [0, 0.05) is 12.0 Å². The summed E-state index contributed by atoms with van der Waals surface area (Å²) in [5.74, 6) is 1.99. The molecule has 0 saturated carbocycles. The third-order valence-corrected chi connectivity index (χ3v) is 4.80. The highest BCUT2D eigenvalue weighted by atomic mass is 16.5. The molecule has 2 aliphatic rings. The van der Waals surface area contributed by atoms with Crippen LogP contribution in [0.5, 0.6) is 11.5 Å². The lowest BCUT2D eigenvalue weighted by atomic mass is 9.80. The normalized spacial score (nSPS) is 26.1. The Hall–Kier alpha value is -1.22. The highest BCUT2D eigenvalue weighted by molar-refractivity contribution is 5.47. The average molecular weight is 275 g/mol. The highest BCUT2D eigenvalue weighted by Crippen LogP contribution is 2.42. The van der Waals surface area contributed by atoms with Crippen molar-refractivity contribution in [3.05, 3.63) is 23.8 Å². The molecule has 110 valence electrons. The van der Waals surface area contributed by atoms with E-state index in [1.807, 2.05) is 12.1 Å². The molecule has 1 saturated heterocycles. The SMILES string of the molecule is CCCN1CCCC[C@@]12COc1cccc(OC)c1C2. The number of piperidine rings is 1. The van der Waals surface area contributed by atoms with Crippen molar-refractivity contribution in [3.8, 4) is 11.5 Å². The maximum atomic E-state index is 6.11. The lowest BCUT2D eigenvalue weighted by Crippen LogP contribution is -2.58. The third kappa shape index (κ3) is 2.28. The van der Waals surface area contributed by atoms with Crippen LogP contribution in [0.4, 0.5) is 0 Å². The molecule has 0 unspecified atom stereocenters. The van der Waals surface area contributed by atoms with E-state index >= 15 is 0 Å². The van der Waals surface area contributed by atoms with Gasteiger partial charge in [-0.15, -0.1) is 0 Å². The summed E-state index contributed by atoms with van der Waals surface area (Å²) in [4.78, 5) is 2.66. The number of ether oxygens (including phenoxy) is 2. The molecule has 3 nitrogen and oxygen atoms in total. The molecule has 3 heteroatoms.